The smallest absolute Gasteiger partial charge is 0.328 e. The molecule has 1 rings (SSSR count). The molecule has 1 N–H and O–H groups in total. The zero-order chi connectivity index (χ0) is 11.1. The van der Waals surface area contributed by atoms with Crippen LogP contribution >= 0.6 is 0 Å². The molecule has 15 heavy (non-hydrogen) atoms. The van der Waals surface area contributed by atoms with Crippen LogP contribution in [0.1, 0.15) is 0 Å². The van der Waals surface area contributed by atoms with Crippen LogP contribution < -0.4 is 9.47 Å². The summed E-state index contributed by atoms with van der Waals surface area (Å²) < 4.78 is 10.3. The Hall–Kier alpha value is -1.97. The lowest BCUT2D eigenvalue weighted by Gasteiger charge is -2.04. The van der Waals surface area contributed by atoms with Crippen LogP contribution in [0.2, 0.25) is 0 Å². The van der Waals surface area contributed by atoms with E-state index in [9.17, 15) is 4.79 Å². The minimum atomic E-state index is -0.982. The van der Waals surface area contributed by atoms with Gasteiger partial charge in [-0.25, -0.2) is 4.79 Å². The molecule has 0 saturated carbocycles. The summed E-state index contributed by atoms with van der Waals surface area (Å²) in [6.45, 7) is 0.222. The molecule has 0 fully saturated rings. The lowest BCUT2D eigenvalue weighted by molar-refractivity contribution is -0.131. The van der Waals surface area contributed by atoms with Crippen molar-refractivity contribution in [1.29, 1.82) is 0 Å². The molecule has 4 nitrogen and oxygen atoms in total. The Morgan fingerprint density at radius 2 is 2.20 bits per heavy atom. The molecule has 0 aromatic heterocycles. The van der Waals surface area contributed by atoms with Gasteiger partial charge in [-0.1, -0.05) is 6.07 Å². The van der Waals surface area contributed by atoms with Crippen molar-refractivity contribution in [3.63, 3.8) is 0 Å². The van der Waals surface area contributed by atoms with E-state index < -0.39 is 5.97 Å². The van der Waals surface area contributed by atoms with Gasteiger partial charge in [-0.05, 0) is 18.2 Å². The van der Waals surface area contributed by atoms with E-state index in [0.717, 1.165) is 6.08 Å². The van der Waals surface area contributed by atoms with Gasteiger partial charge in [0.2, 0.25) is 0 Å². The van der Waals surface area contributed by atoms with Crippen molar-refractivity contribution < 1.29 is 19.4 Å². The summed E-state index contributed by atoms with van der Waals surface area (Å²) in [4.78, 5) is 10.1. The van der Waals surface area contributed by atoms with Crippen LogP contribution in [0.3, 0.4) is 0 Å². The zero-order valence-electron chi connectivity index (χ0n) is 8.34. The molecule has 0 saturated heterocycles. The van der Waals surface area contributed by atoms with Crippen LogP contribution in [0.4, 0.5) is 0 Å². The molecule has 0 bridgehead atoms. The van der Waals surface area contributed by atoms with Crippen LogP contribution in [0.5, 0.6) is 11.5 Å². The number of benzene rings is 1. The first-order valence-electron chi connectivity index (χ1n) is 4.38. The molecular formula is C11H12O4. The van der Waals surface area contributed by atoms with Crippen LogP contribution in [0.25, 0.3) is 0 Å². The largest absolute Gasteiger partial charge is 0.497 e. The maximum atomic E-state index is 10.1. The Balaban J connectivity index is 2.47. The lowest BCUT2D eigenvalue weighted by Crippen LogP contribution is -1.95. The number of rotatable bonds is 5. The molecule has 0 aliphatic heterocycles. The monoisotopic (exact) mass is 208 g/mol. The molecule has 4 heteroatoms. The Labute approximate surface area is 87.7 Å². The van der Waals surface area contributed by atoms with E-state index in [4.69, 9.17) is 14.6 Å². The summed E-state index contributed by atoms with van der Waals surface area (Å²) in [7, 11) is 1.57. The second-order valence-corrected chi connectivity index (χ2v) is 2.73. The molecule has 0 aliphatic rings. The molecule has 0 spiro atoms. The predicted molar refractivity (Wildman–Crippen MR) is 55.3 cm³/mol. The van der Waals surface area contributed by atoms with Crippen molar-refractivity contribution in [2.45, 2.75) is 0 Å². The molecular weight excluding hydrogens is 196 g/mol. The molecule has 1 aromatic rings. The van der Waals surface area contributed by atoms with Crippen molar-refractivity contribution in [3.05, 3.63) is 36.4 Å². The summed E-state index contributed by atoms with van der Waals surface area (Å²) in [5, 5.41) is 8.33. The lowest BCUT2D eigenvalue weighted by atomic mass is 10.3. The van der Waals surface area contributed by atoms with Crippen molar-refractivity contribution in [2.24, 2.45) is 0 Å². The average molecular weight is 208 g/mol. The first kappa shape index (κ1) is 11.1. The highest BCUT2D eigenvalue weighted by Gasteiger charge is 1.94. The van der Waals surface area contributed by atoms with E-state index in [1.165, 1.54) is 6.08 Å². The Kier molecular flexibility index (Phi) is 4.22. The van der Waals surface area contributed by atoms with Crippen molar-refractivity contribution in [1.82, 2.24) is 0 Å². The Bertz CT molecular complexity index is 357. The fourth-order valence-electron chi connectivity index (χ4n) is 0.984. The highest BCUT2D eigenvalue weighted by Crippen LogP contribution is 2.18. The third-order valence-corrected chi connectivity index (χ3v) is 1.65. The number of methoxy groups -OCH3 is 1. The van der Waals surface area contributed by atoms with Crippen LogP contribution in [0.15, 0.2) is 36.4 Å². The maximum Gasteiger partial charge on any atom is 0.328 e. The second kappa shape index (κ2) is 5.70. The molecule has 0 aliphatic carbocycles. The summed E-state index contributed by atoms with van der Waals surface area (Å²) in [6, 6.07) is 7.11. The van der Waals surface area contributed by atoms with Gasteiger partial charge in [-0.3, -0.25) is 0 Å². The van der Waals surface area contributed by atoms with Gasteiger partial charge in [-0.2, -0.15) is 0 Å². The average Bonchev–Trinajstić information content (AvgIpc) is 2.24. The number of ether oxygens (including phenoxy) is 2. The number of carboxylic acid groups (broad SMARTS) is 1. The van der Waals surface area contributed by atoms with Crippen LogP contribution in [-0.4, -0.2) is 24.8 Å². The summed E-state index contributed by atoms with van der Waals surface area (Å²) in [5.41, 5.74) is 0. The van der Waals surface area contributed by atoms with E-state index in [2.05, 4.69) is 0 Å². The third-order valence-electron chi connectivity index (χ3n) is 1.65. The minimum absolute atomic E-state index is 0.222. The summed E-state index contributed by atoms with van der Waals surface area (Å²) >= 11 is 0. The van der Waals surface area contributed by atoms with Gasteiger partial charge in [0.05, 0.1) is 7.11 Å². The number of hydrogen-bond acceptors (Lipinski definition) is 3. The van der Waals surface area contributed by atoms with Gasteiger partial charge in [0, 0.05) is 12.1 Å². The van der Waals surface area contributed by atoms with Crippen LogP contribution in [-0.2, 0) is 4.79 Å². The van der Waals surface area contributed by atoms with Gasteiger partial charge in [-0.15, -0.1) is 0 Å². The van der Waals surface area contributed by atoms with Crippen molar-refractivity contribution >= 4 is 5.97 Å². The number of carbonyl (C=O) groups is 1. The van der Waals surface area contributed by atoms with E-state index >= 15 is 0 Å². The molecule has 0 heterocycles. The highest BCUT2D eigenvalue weighted by molar-refractivity contribution is 5.79. The first-order valence-corrected chi connectivity index (χ1v) is 4.38. The van der Waals surface area contributed by atoms with Gasteiger partial charge in [0.15, 0.2) is 0 Å². The van der Waals surface area contributed by atoms with Crippen molar-refractivity contribution in [3.8, 4) is 11.5 Å². The number of hydrogen-bond donors (Lipinski definition) is 1. The van der Waals surface area contributed by atoms with Gasteiger partial charge in [0.1, 0.15) is 18.1 Å². The Morgan fingerprint density at radius 1 is 1.47 bits per heavy atom. The van der Waals surface area contributed by atoms with E-state index in [-0.39, 0.29) is 6.61 Å². The molecule has 0 radical (unpaired) electrons. The molecule has 0 amide bonds. The van der Waals surface area contributed by atoms with Gasteiger partial charge in [0.25, 0.3) is 0 Å². The van der Waals surface area contributed by atoms with Crippen LogP contribution in [0, 0.1) is 0 Å². The molecule has 1 aromatic carbocycles. The fraction of sp³-hybridized carbons (Fsp3) is 0.182. The summed E-state index contributed by atoms with van der Waals surface area (Å²) in [5.74, 6) is 0.364. The normalized spacial score (nSPS) is 10.2. The number of aliphatic carboxylic acids is 1. The SMILES string of the molecule is COc1cccc(OCC=CC(=O)O)c1. The van der Waals surface area contributed by atoms with Crippen molar-refractivity contribution in [2.75, 3.05) is 13.7 Å². The molecule has 0 unspecified atom stereocenters. The first-order chi connectivity index (χ1) is 7.22. The topological polar surface area (TPSA) is 55.8 Å². The maximum absolute atomic E-state index is 10.1. The number of carboxylic acids is 1. The third kappa shape index (κ3) is 4.17. The van der Waals surface area contributed by atoms with E-state index in [1.54, 1.807) is 31.4 Å². The zero-order valence-corrected chi connectivity index (χ0v) is 8.34. The standard InChI is InChI=1S/C11H12O4/c1-14-9-4-2-5-10(8-9)15-7-3-6-11(12)13/h2-6,8H,7H2,1H3,(H,12,13). The minimum Gasteiger partial charge on any atom is -0.497 e. The van der Waals surface area contributed by atoms with E-state index in [0.29, 0.717) is 11.5 Å². The summed E-state index contributed by atoms with van der Waals surface area (Å²) in [6.07, 6.45) is 2.47. The van der Waals surface area contributed by atoms with Gasteiger partial charge >= 0.3 is 5.97 Å². The Morgan fingerprint density at radius 3 is 2.87 bits per heavy atom. The molecule has 0 atom stereocenters. The second-order valence-electron chi connectivity index (χ2n) is 2.73. The molecule has 80 valence electrons. The predicted octanol–water partition coefficient (Wildman–Crippen LogP) is 1.71. The fourth-order valence-corrected chi connectivity index (χ4v) is 0.984. The van der Waals surface area contributed by atoms with E-state index in [1.807, 2.05) is 0 Å². The quantitative estimate of drug-likeness (QED) is 0.748. The van der Waals surface area contributed by atoms with Gasteiger partial charge < -0.3 is 14.6 Å². The highest BCUT2D eigenvalue weighted by atomic mass is 16.5.